The molecule has 4 aromatic heterocycles. The topological polar surface area (TPSA) is 53.7 Å². The lowest BCUT2D eigenvalue weighted by Crippen LogP contribution is -2.06. The van der Waals surface area contributed by atoms with E-state index in [9.17, 15) is 0 Å². The van der Waals surface area contributed by atoms with E-state index in [-0.39, 0.29) is 0 Å². The van der Waals surface area contributed by atoms with Crippen molar-refractivity contribution in [1.29, 1.82) is 0 Å². The summed E-state index contributed by atoms with van der Waals surface area (Å²) >= 11 is 0. The lowest BCUT2D eigenvalue weighted by Gasteiger charge is -2.18. The number of fused-ring (bicyclic) bond motifs is 9. The number of aromatic nitrogens is 5. The van der Waals surface area contributed by atoms with E-state index in [0.29, 0.717) is 5.82 Å². The number of furan rings is 1. The average molecular weight is 718 g/mol. The summed E-state index contributed by atoms with van der Waals surface area (Å²) in [4.78, 5) is 5.19. The van der Waals surface area contributed by atoms with Gasteiger partial charge >= 0.3 is 0 Å². The van der Waals surface area contributed by atoms with Crippen LogP contribution in [-0.4, -0.2) is 23.9 Å². The molecule has 0 aliphatic heterocycles. The summed E-state index contributed by atoms with van der Waals surface area (Å²) in [6, 6.07) is 66.0. The van der Waals surface area contributed by atoms with Gasteiger partial charge in [-0.3, -0.25) is 0 Å². The number of para-hydroxylation sites is 6. The van der Waals surface area contributed by atoms with Crippen molar-refractivity contribution < 1.29 is 4.42 Å². The predicted octanol–water partition coefficient (Wildman–Crippen LogP) is 12.7. The van der Waals surface area contributed by atoms with Crippen molar-refractivity contribution in [3.63, 3.8) is 0 Å². The first-order chi connectivity index (χ1) is 27.8. The molecule has 6 heteroatoms. The number of nitrogens with zero attached hydrogens (tertiary/aromatic N) is 5. The second-order valence-electron chi connectivity index (χ2n) is 14.2. The molecular weight excluding hydrogens is 687 g/mol. The standard InChI is InChI=1S/C50H31N5O/c1-3-16-32(17-4-1)49-51-50(33-18-5-2-6-19-33)55(52-49)44-28-15-23-37-34-20-7-11-25-41(34)54(48(37)44)43-27-13-12-26-42(43)53-40-24-10-8-21-35(40)38-31-47-39(30-45(38)53)36-22-9-14-29-46(36)56-47/h1-31H. The van der Waals surface area contributed by atoms with E-state index in [1.54, 1.807) is 0 Å². The third kappa shape index (κ3) is 4.44. The zero-order valence-corrected chi connectivity index (χ0v) is 30.0. The Bertz CT molecular complexity index is 3480. The molecule has 12 aromatic rings. The largest absolute Gasteiger partial charge is 0.456 e. The zero-order valence-electron chi connectivity index (χ0n) is 30.0. The lowest BCUT2D eigenvalue weighted by molar-refractivity contribution is 0.669. The van der Waals surface area contributed by atoms with Crippen LogP contribution >= 0.6 is 0 Å². The molecule has 8 aromatic carbocycles. The summed E-state index contributed by atoms with van der Waals surface area (Å²) in [5.74, 6) is 1.45. The van der Waals surface area contributed by atoms with E-state index in [2.05, 4.69) is 161 Å². The van der Waals surface area contributed by atoms with Crippen molar-refractivity contribution >= 4 is 65.6 Å². The first-order valence-electron chi connectivity index (χ1n) is 18.8. The number of benzene rings is 8. The van der Waals surface area contributed by atoms with Gasteiger partial charge in [0.15, 0.2) is 11.6 Å². The second-order valence-corrected chi connectivity index (χ2v) is 14.2. The highest BCUT2D eigenvalue weighted by molar-refractivity contribution is 6.17. The molecule has 0 saturated heterocycles. The molecule has 12 rings (SSSR count). The Hall–Kier alpha value is -7.70. The molecule has 56 heavy (non-hydrogen) atoms. The summed E-state index contributed by atoms with van der Waals surface area (Å²) in [6.45, 7) is 0. The molecule has 0 unspecified atom stereocenters. The Morgan fingerprint density at radius 2 is 0.946 bits per heavy atom. The van der Waals surface area contributed by atoms with Crippen molar-refractivity contribution in [2.75, 3.05) is 0 Å². The SMILES string of the molecule is c1ccc(-c2nc(-c3ccccc3)n(-c3cccc4c5ccccc5n(-c5ccccc5-n5c6ccccc6c6cc7oc8ccccc8c7cc65)c34)n2)cc1. The van der Waals surface area contributed by atoms with Gasteiger partial charge in [0.05, 0.1) is 39.1 Å². The Labute approximate surface area is 320 Å². The van der Waals surface area contributed by atoms with Crippen LogP contribution in [0.2, 0.25) is 0 Å². The Balaban J connectivity index is 1.19. The highest BCUT2D eigenvalue weighted by Crippen LogP contribution is 2.42. The molecule has 0 spiro atoms. The third-order valence-electron chi connectivity index (χ3n) is 11.1. The van der Waals surface area contributed by atoms with Gasteiger partial charge in [0, 0.05) is 43.4 Å². The first-order valence-corrected chi connectivity index (χ1v) is 18.8. The summed E-state index contributed by atoms with van der Waals surface area (Å²) in [6.07, 6.45) is 0. The minimum Gasteiger partial charge on any atom is -0.456 e. The van der Waals surface area contributed by atoms with Crippen LogP contribution in [0.3, 0.4) is 0 Å². The van der Waals surface area contributed by atoms with Crippen molar-refractivity contribution in [2.45, 2.75) is 0 Å². The number of hydrogen-bond donors (Lipinski definition) is 0. The van der Waals surface area contributed by atoms with Crippen molar-refractivity contribution in [1.82, 2.24) is 23.9 Å². The number of hydrogen-bond acceptors (Lipinski definition) is 3. The maximum Gasteiger partial charge on any atom is 0.182 e. The maximum absolute atomic E-state index is 6.40. The normalized spacial score (nSPS) is 11.9. The molecule has 0 amide bonds. The predicted molar refractivity (Wildman–Crippen MR) is 228 cm³/mol. The monoisotopic (exact) mass is 717 g/mol. The van der Waals surface area contributed by atoms with Gasteiger partial charge < -0.3 is 13.6 Å². The Morgan fingerprint density at radius 3 is 1.71 bits per heavy atom. The molecule has 0 saturated carbocycles. The highest BCUT2D eigenvalue weighted by Gasteiger charge is 2.24. The molecule has 0 bridgehead atoms. The zero-order chi connectivity index (χ0) is 36.7. The molecule has 0 N–H and O–H groups in total. The number of rotatable bonds is 5. The summed E-state index contributed by atoms with van der Waals surface area (Å²) in [7, 11) is 0. The minimum atomic E-state index is 0.674. The van der Waals surface area contributed by atoms with Gasteiger partial charge in [-0.2, -0.15) is 0 Å². The van der Waals surface area contributed by atoms with Gasteiger partial charge in [0.2, 0.25) is 0 Å². The highest BCUT2D eigenvalue weighted by atomic mass is 16.3. The van der Waals surface area contributed by atoms with Crippen molar-refractivity contribution in [3.8, 4) is 39.8 Å². The van der Waals surface area contributed by atoms with Gasteiger partial charge in [0.25, 0.3) is 0 Å². The van der Waals surface area contributed by atoms with Gasteiger partial charge in [-0.25, -0.2) is 9.67 Å². The van der Waals surface area contributed by atoms with Gasteiger partial charge in [0.1, 0.15) is 11.2 Å². The minimum absolute atomic E-state index is 0.674. The fourth-order valence-electron chi connectivity index (χ4n) is 8.67. The van der Waals surface area contributed by atoms with Crippen LogP contribution in [0.1, 0.15) is 0 Å². The van der Waals surface area contributed by atoms with Crippen molar-refractivity contribution in [2.24, 2.45) is 0 Å². The van der Waals surface area contributed by atoms with Crippen LogP contribution in [0.4, 0.5) is 0 Å². The maximum atomic E-state index is 6.40. The van der Waals surface area contributed by atoms with Crippen LogP contribution in [0.15, 0.2) is 192 Å². The van der Waals surface area contributed by atoms with Gasteiger partial charge in [-0.1, -0.05) is 140 Å². The first kappa shape index (κ1) is 30.7. The summed E-state index contributed by atoms with van der Waals surface area (Å²) < 4.78 is 13.3. The smallest absolute Gasteiger partial charge is 0.182 e. The molecule has 0 aliphatic carbocycles. The van der Waals surface area contributed by atoms with E-state index in [4.69, 9.17) is 14.5 Å². The van der Waals surface area contributed by atoms with Gasteiger partial charge in [-0.05, 0) is 48.5 Å². The lowest BCUT2D eigenvalue weighted by atomic mass is 10.1. The average Bonchev–Trinajstić information content (AvgIpc) is 4.03. The fourth-order valence-corrected chi connectivity index (χ4v) is 8.67. The van der Waals surface area contributed by atoms with Crippen LogP contribution < -0.4 is 0 Å². The molecule has 262 valence electrons. The van der Waals surface area contributed by atoms with Crippen LogP contribution in [0, 0.1) is 0 Å². The summed E-state index contributed by atoms with van der Waals surface area (Å²) in [5, 5.41) is 12.1. The molecule has 0 fully saturated rings. The molecule has 0 aliphatic rings. The molecule has 6 nitrogen and oxygen atoms in total. The Kier molecular flexibility index (Phi) is 6.53. The summed E-state index contributed by atoms with van der Waals surface area (Å²) in [5.41, 5.74) is 11.2. The van der Waals surface area contributed by atoms with E-state index in [0.717, 1.165) is 94.2 Å². The molecule has 0 atom stereocenters. The Morgan fingerprint density at radius 1 is 0.375 bits per heavy atom. The van der Waals surface area contributed by atoms with Gasteiger partial charge in [-0.15, -0.1) is 5.10 Å². The quantitative estimate of drug-likeness (QED) is 0.178. The third-order valence-corrected chi connectivity index (χ3v) is 11.1. The fraction of sp³-hybridized carbons (Fsp3) is 0. The molecule has 4 heterocycles. The van der Waals surface area contributed by atoms with E-state index in [1.165, 1.54) is 5.39 Å². The van der Waals surface area contributed by atoms with Crippen LogP contribution in [0.25, 0.3) is 105 Å². The van der Waals surface area contributed by atoms with Crippen molar-refractivity contribution in [3.05, 3.63) is 188 Å². The van der Waals surface area contributed by atoms with Crippen LogP contribution in [0.5, 0.6) is 0 Å². The molecular formula is C50H31N5O. The van der Waals surface area contributed by atoms with Crippen LogP contribution in [-0.2, 0) is 0 Å². The van der Waals surface area contributed by atoms with E-state index in [1.807, 2.05) is 41.1 Å². The van der Waals surface area contributed by atoms with E-state index < -0.39 is 0 Å². The second kappa shape index (κ2) is 11.9. The van der Waals surface area contributed by atoms with E-state index >= 15 is 0 Å². The molecule has 0 radical (unpaired) electrons.